The van der Waals surface area contributed by atoms with Crippen LogP contribution in [0.5, 0.6) is 0 Å². The quantitative estimate of drug-likeness (QED) is 0.861. The fourth-order valence-corrected chi connectivity index (χ4v) is 5.21. The molecule has 1 aromatic rings. The van der Waals surface area contributed by atoms with Gasteiger partial charge in [0, 0.05) is 11.9 Å². The molecule has 0 saturated carbocycles. The van der Waals surface area contributed by atoms with Crippen LogP contribution < -0.4 is 4.72 Å². The molecule has 1 unspecified atom stereocenters. The summed E-state index contributed by atoms with van der Waals surface area (Å²) in [6.07, 6.45) is 1.03. The zero-order valence-corrected chi connectivity index (χ0v) is 11.9. The Morgan fingerprint density at radius 2 is 2.33 bits per heavy atom. The van der Waals surface area contributed by atoms with Gasteiger partial charge in [-0.15, -0.1) is 11.3 Å². The van der Waals surface area contributed by atoms with Crippen LogP contribution >= 0.6 is 23.1 Å². The third kappa shape index (κ3) is 3.25. The number of carboxylic acid groups (broad SMARTS) is 1. The molecule has 2 heterocycles. The molecule has 2 rings (SSSR count). The summed E-state index contributed by atoms with van der Waals surface area (Å²) in [6.45, 7) is 0.426. The normalized spacial score (nSPS) is 20.1. The van der Waals surface area contributed by atoms with Crippen LogP contribution in [0.3, 0.4) is 0 Å². The molecule has 18 heavy (non-hydrogen) atoms. The molecule has 5 nitrogen and oxygen atoms in total. The van der Waals surface area contributed by atoms with E-state index in [0.717, 1.165) is 29.3 Å². The monoisotopic (exact) mass is 307 g/mol. The molecule has 0 bridgehead atoms. The largest absolute Gasteiger partial charge is 0.478 e. The summed E-state index contributed by atoms with van der Waals surface area (Å²) >= 11 is 2.76. The number of rotatable bonds is 5. The van der Waals surface area contributed by atoms with Crippen molar-refractivity contribution in [1.29, 1.82) is 0 Å². The SMILES string of the molecule is O=C(O)c1csc(S(=O)(=O)NCC2CCSC2)c1. The van der Waals surface area contributed by atoms with Gasteiger partial charge in [-0.05, 0) is 29.9 Å². The molecule has 1 fully saturated rings. The Kier molecular flexibility index (Phi) is 4.31. The van der Waals surface area contributed by atoms with Crippen molar-refractivity contribution in [2.75, 3.05) is 18.1 Å². The third-order valence-electron chi connectivity index (χ3n) is 2.67. The fourth-order valence-electron chi connectivity index (χ4n) is 1.61. The first-order valence-electron chi connectivity index (χ1n) is 5.38. The molecule has 2 N–H and O–H groups in total. The van der Waals surface area contributed by atoms with Gasteiger partial charge in [-0.3, -0.25) is 0 Å². The predicted octanol–water partition coefficient (Wildman–Crippen LogP) is 1.48. The highest BCUT2D eigenvalue weighted by molar-refractivity contribution is 7.99. The Morgan fingerprint density at radius 3 is 2.89 bits per heavy atom. The predicted molar refractivity (Wildman–Crippen MR) is 71.9 cm³/mol. The summed E-state index contributed by atoms with van der Waals surface area (Å²) in [5.74, 6) is 1.32. The lowest BCUT2D eigenvalue weighted by Gasteiger charge is -2.09. The molecular weight excluding hydrogens is 294 g/mol. The number of sulfonamides is 1. The first-order valence-corrected chi connectivity index (χ1v) is 8.90. The number of nitrogens with one attached hydrogen (secondary N) is 1. The minimum absolute atomic E-state index is 0.0109. The number of hydrogen-bond donors (Lipinski definition) is 2. The number of thiophene rings is 1. The second kappa shape index (κ2) is 5.60. The van der Waals surface area contributed by atoms with Crippen LogP contribution in [0.25, 0.3) is 0 Å². The number of carboxylic acids is 1. The fraction of sp³-hybridized carbons (Fsp3) is 0.500. The number of carbonyl (C=O) groups is 1. The van der Waals surface area contributed by atoms with Crippen molar-refractivity contribution in [3.8, 4) is 0 Å². The summed E-state index contributed by atoms with van der Waals surface area (Å²) < 4.78 is 26.5. The Hall–Kier alpha value is -0.570. The van der Waals surface area contributed by atoms with E-state index >= 15 is 0 Å². The molecule has 1 aliphatic heterocycles. The van der Waals surface area contributed by atoms with Crippen molar-refractivity contribution in [1.82, 2.24) is 4.72 Å². The van der Waals surface area contributed by atoms with Gasteiger partial charge in [-0.25, -0.2) is 17.9 Å². The van der Waals surface area contributed by atoms with Gasteiger partial charge in [0.05, 0.1) is 5.56 Å². The molecule has 0 radical (unpaired) electrons. The molecule has 100 valence electrons. The lowest BCUT2D eigenvalue weighted by Crippen LogP contribution is -2.28. The van der Waals surface area contributed by atoms with Crippen LogP contribution in [0.15, 0.2) is 15.7 Å². The van der Waals surface area contributed by atoms with E-state index in [1.54, 1.807) is 0 Å². The van der Waals surface area contributed by atoms with Crippen LogP contribution in [-0.2, 0) is 10.0 Å². The van der Waals surface area contributed by atoms with Crippen LogP contribution in [0.4, 0.5) is 0 Å². The minimum atomic E-state index is -3.56. The lowest BCUT2D eigenvalue weighted by molar-refractivity contribution is 0.0697. The van der Waals surface area contributed by atoms with Crippen molar-refractivity contribution in [3.63, 3.8) is 0 Å². The lowest BCUT2D eigenvalue weighted by atomic mass is 10.1. The highest BCUT2D eigenvalue weighted by atomic mass is 32.2. The summed E-state index contributed by atoms with van der Waals surface area (Å²) in [5, 5.41) is 10.1. The van der Waals surface area contributed by atoms with E-state index in [1.165, 1.54) is 11.4 Å². The Balaban J connectivity index is 2.02. The highest BCUT2D eigenvalue weighted by Gasteiger charge is 2.22. The zero-order chi connectivity index (χ0) is 13.2. The van der Waals surface area contributed by atoms with E-state index < -0.39 is 16.0 Å². The average molecular weight is 307 g/mol. The van der Waals surface area contributed by atoms with Gasteiger partial charge in [-0.2, -0.15) is 11.8 Å². The van der Waals surface area contributed by atoms with Gasteiger partial charge in [0.15, 0.2) is 0 Å². The number of hydrogen-bond acceptors (Lipinski definition) is 5. The van der Waals surface area contributed by atoms with Crippen LogP contribution in [0.1, 0.15) is 16.8 Å². The Morgan fingerprint density at radius 1 is 1.56 bits per heavy atom. The van der Waals surface area contributed by atoms with E-state index in [0.29, 0.717) is 12.5 Å². The number of thioether (sulfide) groups is 1. The average Bonchev–Trinajstić information content (AvgIpc) is 2.98. The molecular formula is C10H13NO4S3. The van der Waals surface area contributed by atoms with E-state index in [1.807, 2.05) is 11.8 Å². The first-order chi connectivity index (χ1) is 8.49. The van der Waals surface area contributed by atoms with E-state index in [2.05, 4.69) is 4.72 Å². The maximum Gasteiger partial charge on any atom is 0.336 e. The standard InChI is InChI=1S/C10H13NO4S3/c12-10(13)8-3-9(17-6-8)18(14,15)11-4-7-1-2-16-5-7/h3,6-7,11H,1-2,4-5H2,(H,12,13). The van der Waals surface area contributed by atoms with Crippen molar-refractivity contribution in [2.24, 2.45) is 5.92 Å². The van der Waals surface area contributed by atoms with Crippen molar-refractivity contribution >= 4 is 39.1 Å². The maximum absolute atomic E-state index is 11.9. The molecule has 1 aromatic heterocycles. The van der Waals surface area contributed by atoms with Crippen LogP contribution in [0, 0.1) is 5.92 Å². The third-order valence-corrected chi connectivity index (χ3v) is 6.77. The second-order valence-electron chi connectivity index (χ2n) is 4.04. The van der Waals surface area contributed by atoms with Gasteiger partial charge >= 0.3 is 5.97 Å². The summed E-state index contributed by atoms with van der Waals surface area (Å²) in [5.41, 5.74) is 0.0109. The van der Waals surface area contributed by atoms with Gasteiger partial charge in [0.1, 0.15) is 4.21 Å². The molecule has 0 aromatic carbocycles. The highest BCUT2D eigenvalue weighted by Crippen LogP contribution is 2.24. The van der Waals surface area contributed by atoms with E-state index in [4.69, 9.17) is 5.11 Å². The maximum atomic E-state index is 11.9. The van der Waals surface area contributed by atoms with Gasteiger partial charge < -0.3 is 5.11 Å². The van der Waals surface area contributed by atoms with Crippen molar-refractivity contribution in [3.05, 3.63) is 17.0 Å². The molecule has 0 amide bonds. The molecule has 8 heteroatoms. The second-order valence-corrected chi connectivity index (χ2v) is 8.10. The van der Waals surface area contributed by atoms with Crippen molar-refractivity contribution < 1.29 is 18.3 Å². The van der Waals surface area contributed by atoms with E-state index in [-0.39, 0.29) is 9.77 Å². The van der Waals surface area contributed by atoms with Gasteiger partial charge in [0.25, 0.3) is 0 Å². The van der Waals surface area contributed by atoms with Crippen molar-refractivity contribution in [2.45, 2.75) is 10.6 Å². The zero-order valence-electron chi connectivity index (χ0n) is 9.46. The molecule has 0 aliphatic carbocycles. The van der Waals surface area contributed by atoms with Crippen LogP contribution in [0.2, 0.25) is 0 Å². The van der Waals surface area contributed by atoms with Gasteiger partial charge in [0.2, 0.25) is 10.0 Å². The summed E-state index contributed by atoms with van der Waals surface area (Å²) in [4.78, 5) is 10.7. The molecule has 0 spiro atoms. The molecule has 1 aliphatic rings. The van der Waals surface area contributed by atoms with E-state index in [9.17, 15) is 13.2 Å². The smallest absolute Gasteiger partial charge is 0.336 e. The first kappa shape index (κ1) is 13.9. The number of aromatic carboxylic acids is 1. The van der Waals surface area contributed by atoms with Gasteiger partial charge in [-0.1, -0.05) is 0 Å². The summed E-state index contributed by atoms with van der Waals surface area (Å²) in [6, 6.07) is 1.19. The minimum Gasteiger partial charge on any atom is -0.478 e. The molecule has 1 saturated heterocycles. The van der Waals surface area contributed by atoms with Crippen LogP contribution in [-0.4, -0.2) is 37.5 Å². The Labute approximate surface area is 114 Å². The Bertz CT molecular complexity index is 531. The molecule has 1 atom stereocenters. The summed E-state index contributed by atoms with van der Waals surface area (Å²) in [7, 11) is -3.56. The topological polar surface area (TPSA) is 83.5 Å².